The van der Waals surface area contributed by atoms with Crippen molar-refractivity contribution in [1.29, 1.82) is 0 Å². The van der Waals surface area contributed by atoms with Gasteiger partial charge in [-0.05, 0) is 40.9 Å². The molecule has 3 nitrogen and oxygen atoms in total. The van der Waals surface area contributed by atoms with Crippen LogP contribution in [0.4, 0.5) is 5.82 Å². The number of nitrogens with zero attached hydrogens (tertiary/aromatic N) is 2. The molecule has 0 atom stereocenters. The Bertz CT molecular complexity index is 309. The van der Waals surface area contributed by atoms with E-state index in [9.17, 15) is 0 Å². The normalized spacial score (nSPS) is 10.4. The fourth-order valence-corrected chi connectivity index (χ4v) is 2.22. The van der Waals surface area contributed by atoms with Gasteiger partial charge in [0.05, 0.1) is 4.47 Å². The predicted octanol–water partition coefficient (Wildman–Crippen LogP) is 2.33. The summed E-state index contributed by atoms with van der Waals surface area (Å²) in [5, 5.41) is 0. The van der Waals surface area contributed by atoms with E-state index >= 15 is 0 Å². The zero-order valence-electron chi connectivity index (χ0n) is 9.33. The Morgan fingerprint density at radius 3 is 2.73 bits per heavy atom. The first-order chi connectivity index (χ1) is 7.19. The Morgan fingerprint density at radius 2 is 2.20 bits per heavy atom. The van der Waals surface area contributed by atoms with Gasteiger partial charge in [-0.1, -0.05) is 6.92 Å². The maximum absolute atomic E-state index is 5.59. The van der Waals surface area contributed by atoms with Crippen molar-refractivity contribution >= 4 is 21.7 Å². The van der Waals surface area contributed by atoms with E-state index in [0.717, 1.165) is 35.4 Å². The predicted molar refractivity (Wildman–Crippen MR) is 68.2 cm³/mol. The quantitative estimate of drug-likeness (QED) is 0.894. The summed E-state index contributed by atoms with van der Waals surface area (Å²) in [5.41, 5.74) is 6.75. The van der Waals surface area contributed by atoms with Gasteiger partial charge < -0.3 is 10.6 Å². The van der Waals surface area contributed by atoms with Crippen molar-refractivity contribution in [3.05, 3.63) is 22.3 Å². The highest BCUT2D eigenvalue weighted by Gasteiger charge is 2.09. The van der Waals surface area contributed by atoms with Crippen molar-refractivity contribution in [3.8, 4) is 0 Å². The monoisotopic (exact) mass is 271 g/mol. The molecule has 0 radical (unpaired) electrons. The molecule has 84 valence electrons. The maximum Gasteiger partial charge on any atom is 0.142 e. The average molecular weight is 272 g/mol. The van der Waals surface area contributed by atoms with Gasteiger partial charge >= 0.3 is 0 Å². The van der Waals surface area contributed by atoms with E-state index in [-0.39, 0.29) is 0 Å². The molecule has 1 rings (SSSR count). The summed E-state index contributed by atoms with van der Waals surface area (Å²) in [6, 6.07) is 2.08. The van der Waals surface area contributed by atoms with Gasteiger partial charge in [-0.3, -0.25) is 0 Å². The van der Waals surface area contributed by atoms with Gasteiger partial charge in [0, 0.05) is 25.8 Å². The van der Waals surface area contributed by atoms with Crippen molar-refractivity contribution < 1.29 is 0 Å². The minimum absolute atomic E-state index is 0.655. The molecule has 0 aliphatic carbocycles. The molecule has 0 aliphatic heterocycles. The number of pyridine rings is 1. The lowest BCUT2D eigenvalue weighted by Gasteiger charge is -2.23. The van der Waals surface area contributed by atoms with Gasteiger partial charge in [-0.15, -0.1) is 0 Å². The minimum Gasteiger partial charge on any atom is -0.354 e. The van der Waals surface area contributed by atoms with E-state index in [1.165, 1.54) is 0 Å². The van der Waals surface area contributed by atoms with Crippen LogP contribution in [0, 0.1) is 6.92 Å². The van der Waals surface area contributed by atoms with Crippen LogP contribution in [0.25, 0.3) is 0 Å². The molecular weight excluding hydrogens is 254 g/mol. The topological polar surface area (TPSA) is 42.1 Å². The van der Waals surface area contributed by atoms with E-state index in [4.69, 9.17) is 5.73 Å². The van der Waals surface area contributed by atoms with Crippen LogP contribution in [0.15, 0.2) is 16.7 Å². The first kappa shape index (κ1) is 12.5. The van der Waals surface area contributed by atoms with Gasteiger partial charge in [-0.25, -0.2) is 4.98 Å². The molecule has 0 bridgehead atoms. The zero-order valence-corrected chi connectivity index (χ0v) is 10.9. The third-order valence-electron chi connectivity index (χ3n) is 2.15. The molecule has 4 heteroatoms. The first-order valence-corrected chi connectivity index (χ1v) is 6.05. The van der Waals surface area contributed by atoms with Crippen molar-refractivity contribution in [1.82, 2.24) is 4.98 Å². The highest BCUT2D eigenvalue weighted by Crippen LogP contribution is 2.24. The first-order valence-electron chi connectivity index (χ1n) is 5.26. The SMILES string of the molecule is CCCN(CCN)c1ncc(C)cc1Br. The van der Waals surface area contributed by atoms with Crippen molar-refractivity contribution in [2.75, 3.05) is 24.5 Å². The molecule has 0 spiro atoms. The molecule has 0 fully saturated rings. The second-order valence-electron chi connectivity index (χ2n) is 3.59. The molecule has 15 heavy (non-hydrogen) atoms. The molecule has 0 saturated carbocycles. The van der Waals surface area contributed by atoms with Crippen LogP contribution in [0.1, 0.15) is 18.9 Å². The third kappa shape index (κ3) is 3.47. The van der Waals surface area contributed by atoms with E-state index in [1.54, 1.807) is 0 Å². The molecule has 1 aromatic heterocycles. The number of rotatable bonds is 5. The Labute approximate surface area is 99.8 Å². The standard InChI is InChI=1S/C11H18BrN3/c1-3-5-15(6-4-13)11-10(12)7-9(2)8-14-11/h7-8H,3-6,13H2,1-2H3. The summed E-state index contributed by atoms with van der Waals surface area (Å²) in [6.07, 6.45) is 2.99. The zero-order chi connectivity index (χ0) is 11.3. The molecule has 1 heterocycles. The van der Waals surface area contributed by atoms with Crippen LogP contribution in [0.5, 0.6) is 0 Å². The second-order valence-corrected chi connectivity index (χ2v) is 4.45. The number of anilines is 1. The molecule has 1 aromatic rings. The second kappa shape index (κ2) is 6.08. The van der Waals surface area contributed by atoms with E-state index in [1.807, 2.05) is 13.1 Å². The lowest BCUT2D eigenvalue weighted by molar-refractivity contribution is 0.749. The number of hydrogen-bond acceptors (Lipinski definition) is 3. The van der Waals surface area contributed by atoms with Crippen LogP contribution < -0.4 is 10.6 Å². The molecule has 0 aliphatic rings. The van der Waals surface area contributed by atoms with Gasteiger partial charge in [0.1, 0.15) is 5.82 Å². The smallest absolute Gasteiger partial charge is 0.142 e. The lowest BCUT2D eigenvalue weighted by Crippen LogP contribution is -2.31. The van der Waals surface area contributed by atoms with Crippen molar-refractivity contribution in [2.24, 2.45) is 5.73 Å². The van der Waals surface area contributed by atoms with Crippen LogP contribution in [-0.4, -0.2) is 24.6 Å². The molecule has 0 aromatic carbocycles. The van der Waals surface area contributed by atoms with Crippen LogP contribution in [-0.2, 0) is 0 Å². The summed E-state index contributed by atoms with van der Waals surface area (Å²) in [4.78, 5) is 6.65. The number of halogens is 1. The summed E-state index contributed by atoms with van der Waals surface area (Å²) in [5.74, 6) is 0.993. The van der Waals surface area contributed by atoms with Gasteiger partial charge in [0.25, 0.3) is 0 Å². The molecular formula is C11H18BrN3. The van der Waals surface area contributed by atoms with Crippen LogP contribution >= 0.6 is 15.9 Å². The van der Waals surface area contributed by atoms with Crippen molar-refractivity contribution in [3.63, 3.8) is 0 Å². The number of aryl methyl sites for hydroxylation is 1. The summed E-state index contributed by atoms with van der Waals surface area (Å²) >= 11 is 3.54. The van der Waals surface area contributed by atoms with E-state index in [0.29, 0.717) is 6.54 Å². The fourth-order valence-electron chi connectivity index (χ4n) is 1.51. The number of aromatic nitrogens is 1. The molecule has 2 N–H and O–H groups in total. The van der Waals surface area contributed by atoms with Gasteiger partial charge in [-0.2, -0.15) is 0 Å². The molecule has 0 amide bonds. The Kier molecular flexibility index (Phi) is 5.05. The highest BCUT2D eigenvalue weighted by molar-refractivity contribution is 9.10. The van der Waals surface area contributed by atoms with Gasteiger partial charge in [0.2, 0.25) is 0 Å². The highest BCUT2D eigenvalue weighted by atomic mass is 79.9. The number of hydrogen-bond donors (Lipinski definition) is 1. The Balaban J connectivity index is 2.89. The minimum atomic E-state index is 0.655. The fraction of sp³-hybridized carbons (Fsp3) is 0.545. The lowest BCUT2D eigenvalue weighted by atomic mass is 10.3. The van der Waals surface area contributed by atoms with E-state index < -0.39 is 0 Å². The number of nitrogens with two attached hydrogens (primary N) is 1. The van der Waals surface area contributed by atoms with Gasteiger partial charge in [0.15, 0.2) is 0 Å². The Hall–Kier alpha value is -0.610. The molecule has 0 unspecified atom stereocenters. The van der Waals surface area contributed by atoms with Crippen LogP contribution in [0.2, 0.25) is 0 Å². The third-order valence-corrected chi connectivity index (χ3v) is 2.73. The summed E-state index contributed by atoms with van der Waals surface area (Å²) in [7, 11) is 0. The Morgan fingerprint density at radius 1 is 1.47 bits per heavy atom. The molecule has 0 saturated heterocycles. The van der Waals surface area contributed by atoms with E-state index in [2.05, 4.69) is 38.8 Å². The van der Waals surface area contributed by atoms with Crippen LogP contribution in [0.3, 0.4) is 0 Å². The summed E-state index contributed by atoms with van der Waals surface area (Å²) < 4.78 is 1.05. The van der Waals surface area contributed by atoms with Crippen molar-refractivity contribution in [2.45, 2.75) is 20.3 Å². The maximum atomic E-state index is 5.59. The summed E-state index contributed by atoms with van der Waals surface area (Å²) in [6.45, 7) is 6.69. The largest absolute Gasteiger partial charge is 0.354 e. The average Bonchev–Trinajstić information content (AvgIpc) is 2.17.